The predicted octanol–water partition coefficient (Wildman–Crippen LogP) is 4.48. The highest BCUT2D eigenvalue weighted by atomic mass is 32.2. The highest BCUT2D eigenvalue weighted by Gasteiger charge is 2.35. The monoisotopic (exact) mass is 511 g/mol. The molecule has 2 aliphatic rings. The first-order chi connectivity index (χ1) is 17.3. The summed E-state index contributed by atoms with van der Waals surface area (Å²) in [7, 11) is 0.109. The Balaban J connectivity index is 1.37. The van der Waals surface area contributed by atoms with E-state index in [-0.39, 0.29) is 17.7 Å². The first kappa shape index (κ1) is 24.4. The molecule has 5 rings (SSSR count). The van der Waals surface area contributed by atoms with Gasteiger partial charge in [-0.25, -0.2) is 12.8 Å². The molecule has 2 aliphatic heterocycles. The molecular weight excluding hydrogens is 481 g/mol. The largest absolute Gasteiger partial charge is 0.454 e. The van der Waals surface area contributed by atoms with Crippen LogP contribution >= 0.6 is 0 Å². The second kappa shape index (κ2) is 9.99. The van der Waals surface area contributed by atoms with E-state index in [0.29, 0.717) is 30.0 Å². The Labute approximate surface area is 211 Å². The van der Waals surface area contributed by atoms with Crippen molar-refractivity contribution in [2.45, 2.75) is 30.3 Å². The van der Waals surface area contributed by atoms with Crippen LogP contribution in [0.1, 0.15) is 18.4 Å². The molecule has 0 aliphatic carbocycles. The van der Waals surface area contributed by atoms with E-state index >= 15 is 0 Å². The van der Waals surface area contributed by atoms with Crippen LogP contribution in [0, 0.1) is 5.82 Å². The van der Waals surface area contributed by atoms with Crippen LogP contribution < -0.4 is 18.7 Å². The second-order valence-corrected chi connectivity index (χ2v) is 11.2. The Morgan fingerprint density at radius 3 is 2.19 bits per heavy atom. The van der Waals surface area contributed by atoms with E-state index in [9.17, 15) is 12.8 Å². The number of hydrogen-bond acceptors (Lipinski definition) is 6. The van der Waals surface area contributed by atoms with E-state index in [1.807, 2.05) is 14.1 Å². The van der Waals surface area contributed by atoms with Gasteiger partial charge in [0.05, 0.1) is 10.6 Å². The lowest BCUT2D eigenvalue weighted by Crippen LogP contribution is -2.47. The van der Waals surface area contributed by atoms with Gasteiger partial charge in [0.2, 0.25) is 6.79 Å². The number of sulfonamides is 1. The fourth-order valence-electron chi connectivity index (χ4n) is 4.76. The van der Waals surface area contributed by atoms with Crippen LogP contribution in [-0.4, -0.2) is 53.3 Å². The van der Waals surface area contributed by atoms with Gasteiger partial charge >= 0.3 is 0 Å². The maximum atomic E-state index is 13.8. The summed E-state index contributed by atoms with van der Waals surface area (Å²) in [6, 6.07) is 18.4. The Hall–Kier alpha value is -3.30. The molecule has 1 fully saturated rings. The number of likely N-dealkylation sites (tertiary alicyclic amines) is 1. The number of fused-ring (bicyclic) bond motifs is 1. The second-order valence-electron chi connectivity index (χ2n) is 9.36. The zero-order valence-electron chi connectivity index (χ0n) is 20.4. The molecule has 190 valence electrons. The van der Waals surface area contributed by atoms with Gasteiger partial charge in [-0.2, -0.15) is 0 Å². The molecule has 0 radical (unpaired) electrons. The van der Waals surface area contributed by atoms with E-state index in [2.05, 4.69) is 34.1 Å². The average Bonchev–Trinajstić information content (AvgIpc) is 3.34. The molecule has 0 N–H and O–H groups in total. The topological polar surface area (TPSA) is 62.3 Å². The Bertz CT molecular complexity index is 1310. The summed E-state index contributed by atoms with van der Waals surface area (Å²) in [5.41, 5.74) is 2.90. The minimum absolute atomic E-state index is 0.0602. The SMILES string of the molecule is CN(C)c1ccc(CN2CCC(N(c3ccc4c(c3)OCO4)S(=O)(=O)c3ccc(F)cc3)CC2)cc1. The summed E-state index contributed by atoms with van der Waals surface area (Å²) in [5, 5.41) is 0. The predicted molar refractivity (Wildman–Crippen MR) is 138 cm³/mol. The van der Waals surface area contributed by atoms with E-state index < -0.39 is 15.8 Å². The number of hydrogen-bond donors (Lipinski definition) is 0. The summed E-state index contributed by atoms with van der Waals surface area (Å²) in [6.45, 7) is 2.45. The third-order valence-electron chi connectivity index (χ3n) is 6.73. The van der Waals surface area contributed by atoms with E-state index in [0.717, 1.165) is 25.3 Å². The minimum Gasteiger partial charge on any atom is -0.454 e. The van der Waals surface area contributed by atoms with E-state index in [1.54, 1.807) is 18.2 Å². The average molecular weight is 512 g/mol. The van der Waals surface area contributed by atoms with Gasteiger partial charge in [0.1, 0.15) is 5.82 Å². The van der Waals surface area contributed by atoms with Gasteiger partial charge in [-0.3, -0.25) is 9.21 Å². The molecule has 0 unspecified atom stereocenters. The summed E-state index contributed by atoms with van der Waals surface area (Å²) in [4.78, 5) is 4.48. The van der Waals surface area contributed by atoms with Gasteiger partial charge in [0.15, 0.2) is 11.5 Å². The number of nitrogens with zero attached hydrogens (tertiary/aromatic N) is 3. The van der Waals surface area contributed by atoms with Gasteiger partial charge in [0, 0.05) is 51.5 Å². The normalized spacial score (nSPS) is 16.2. The van der Waals surface area contributed by atoms with Crippen LogP contribution in [0.25, 0.3) is 0 Å². The van der Waals surface area contributed by atoms with E-state index in [4.69, 9.17) is 9.47 Å². The zero-order valence-corrected chi connectivity index (χ0v) is 21.2. The smallest absolute Gasteiger partial charge is 0.264 e. The molecular formula is C27H30FN3O4S. The van der Waals surface area contributed by atoms with Gasteiger partial charge in [0.25, 0.3) is 10.0 Å². The van der Waals surface area contributed by atoms with Gasteiger partial charge in [-0.1, -0.05) is 12.1 Å². The molecule has 3 aromatic carbocycles. The minimum atomic E-state index is -3.93. The number of ether oxygens (including phenoxy) is 2. The number of anilines is 2. The van der Waals surface area contributed by atoms with Crippen LogP contribution in [0.5, 0.6) is 11.5 Å². The first-order valence-corrected chi connectivity index (χ1v) is 13.4. The van der Waals surface area contributed by atoms with Crippen LogP contribution in [0.2, 0.25) is 0 Å². The molecule has 7 nitrogen and oxygen atoms in total. The third-order valence-corrected chi connectivity index (χ3v) is 8.62. The molecule has 0 amide bonds. The summed E-state index contributed by atoms with van der Waals surface area (Å²) < 4.78 is 53.6. The standard InChI is InChI=1S/C27H30FN3O4S/c1-29(2)22-7-3-20(4-8-22)18-30-15-13-23(14-16-30)31(24-9-12-26-27(17-24)35-19-34-26)36(32,33)25-10-5-21(28)6-11-25/h3-12,17,23H,13-16,18-19H2,1-2H3. The summed E-state index contributed by atoms with van der Waals surface area (Å²) in [6.07, 6.45) is 1.34. The van der Waals surface area contributed by atoms with Gasteiger partial charge in [-0.15, -0.1) is 0 Å². The summed E-state index contributed by atoms with van der Waals surface area (Å²) >= 11 is 0. The maximum Gasteiger partial charge on any atom is 0.264 e. The zero-order chi connectivity index (χ0) is 25.3. The summed E-state index contributed by atoms with van der Waals surface area (Å²) in [5.74, 6) is 0.633. The Morgan fingerprint density at radius 2 is 1.53 bits per heavy atom. The maximum absolute atomic E-state index is 13.8. The Kier molecular flexibility index (Phi) is 6.77. The lowest BCUT2D eigenvalue weighted by atomic mass is 10.0. The van der Waals surface area contributed by atoms with Crippen molar-refractivity contribution < 1.29 is 22.3 Å². The van der Waals surface area contributed by atoms with Gasteiger partial charge < -0.3 is 14.4 Å². The van der Waals surface area contributed by atoms with Crippen molar-refractivity contribution in [2.24, 2.45) is 0 Å². The van der Waals surface area contributed by atoms with Crippen LogP contribution in [0.3, 0.4) is 0 Å². The molecule has 9 heteroatoms. The molecule has 0 aromatic heterocycles. The molecule has 0 saturated carbocycles. The highest BCUT2D eigenvalue weighted by molar-refractivity contribution is 7.92. The molecule has 0 spiro atoms. The molecule has 0 bridgehead atoms. The fraction of sp³-hybridized carbons (Fsp3) is 0.333. The lowest BCUT2D eigenvalue weighted by molar-refractivity contribution is 0.174. The molecule has 1 saturated heterocycles. The third kappa shape index (κ3) is 4.99. The number of rotatable bonds is 7. The van der Waals surface area contributed by atoms with Crippen LogP contribution in [-0.2, 0) is 16.6 Å². The number of benzene rings is 3. The van der Waals surface area contributed by atoms with Crippen molar-refractivity contribution >= 4 is 21.4 Å². The van der Waals surface area contributed by atoms with Crippen LogP contribution in [0.4, 0.5) is 15.8 Å². The molecule has 36 heavy (non-hydrogen) atoms. The molecule has 3 aromatic rings. The van der Waals surface area contributed by atoms with Crippen molar-refractivity contribution in [1.82, 2.24) is 4.90 Å². The highest BCUT2D eigenvalue weighted by Crippen LogP contribution is 2.39. The van der Waals surface area contributed by atoms with Crippen molar-refractivity contribution in [3.8, 4) is 11.5 Å². The number of halogens is 1. The fourth-order valence-corrected chi connectivity index (χ4v) is 6.46. The Morgan fingerprint density at radius 1 is 0.889 bits per heavy atom. The quantitative estimate of drug-likeness (QED) is 0.466. The van der Waals surface area contributed by atoms with E-state index in [1.165, 1.54) is 34.1 Å². The lowest BCUT2D eigenvalue weighted by Gasteiger charge is -2.39. The van der Waals surface area contributed by atoms with Crippen LogP contribution in [0.15, 0.2) is 71.6 Å². The van der Waals surface area contributed by atoms with Crippen molar-refractivity contribution in [1.29, 1.82) is 0 Å². The van der Waals surface area contributed by atoms with Gasteiger partial charge in [-0.05, 0) is 66.9 Å². The number of piperidine rings is 1. The van der Waals surface area contributed by atoms with Crippen molar-refractivity contribution in [2.75, 3.05) is 43.2 Å². The molecule has 0 atom stereocenters. The van der Waals surface area contributed by atoms with Crippen molar-refractivity contribution in [3.63, 3.8) is 0 Å². The van der Waals surface area contributed by atoms with Crippen molar-refractivity contribution in [3.05, 3.63) is 78.1 Å². The first-order valence-electron chi connectivity index (χ1n) is 12.0. The molecule has 2 heterocycles.